The molecule has 0 saturated carbocycles. The van der Waals surface area contributed by atoms with Crippen molar-refractivity contribution in [2.45, 2.75) is 4.90 Å². The van der Waals surface area contributed by atoms with E-state index in [0.717, 1.165) is 11.1 Å². The molecule has 4 rings (SSSR count). The van der Waals surface area contributed by atoms with Gasteiger partial charge < -0.3 is 4.55 Å². The fourth-order valence-corrected chi connectivity index (χ4v) is 3.48. The Morgan fingerprint density at radius 3 is 2.00 bits per heavy atom. The van der Waals surface area contributed by atoms with E-state index in [2.05, 4.69) is 4.99 Å². The highest BCUT2D eigenvalue weighted by Crippen LogP contribution is 2.28. The van der Waals surface area contributed by atoms with Crippen molar-refractivity contribution in [2.24, 2.45) is 4.99 Å². The van der Waals surface area contributed by atoms with Crippen LogP contribution < -0.4 is 4.90 Å². The summed E-state index contributed by atoms with van der Waals surface area (Å²) in [5, 5.41) is 0. The maximum absolute atomic E-state index is 13.1. The molecule has 3 aromatic carbocycles. The fourth-order valence-electron chi connectivity index (χ4n) is 3.01. The molecule has 0 unspecified atom stereocenters. The van der Waals surface area contributed by atoms with Crippen LogP contribution in [0.1, 0.15) is 11.1 Å². The normalized spacial score (nSPS) is 15.6. The lowest BCUT2D eigenvalue weighted by atomic mass is 10.1. The molecule has 1 aliphatic rings. The second kappa shape index (κ2) is 7.46. The topological polar surface area (TPSA) is 89.9 Å². The van der Waals surface area contributed by atoms with E-state index in [4.69, 9.17) is 0 Å². The molecule has 0 spiro atoms. The summed E-state index contributed by atoms with van der Waals surface area (Å²) in [6.45, 7) is 0. The van der Waals surface area contributed by atoms with E-state index in [0.29, 0.717) is 11.5 Å². The van der Waals surface area contributed by atoms with Gasteiger partial charge in [0, 0.05) is 5.56 Å². The monoisotopic (exact) mass is 403 g/mol. The minimum atomic E-state index is -4.57. The smallest absolute Gasteiger partial charge is 0.282 e. The van der Waals surface area contributed by atoms with E-state index >= 15 is 0 Å². The van der Waals surface area contributed by atoms with Crippen molar-refractivity contribution in [3.63, 3.8) is 0 Å². The zero-order valence-electron chi connectivity index (χ0n) is 15.1. The molecule has 1 aliphatic heterocycles. The van der Waals surface area contributed by atoms with Gasteiger partial charge in [0.15, 0.2) is 0 Å². The van der Waals surface area contributed by atoms with Crippen molar-refractivity contribution in [1.82, 2.24) is 0 Å². The van der Waals surface area contributed by atoms with Crippen LogP contribution >= 0.6 is 0 Å². The Bertz CT molecular complexity index is 1220. The standard InChI is InChI=1S/C22H16N2O4S/c25-22-20(15-16-7-3-1-4-8-16)23-21(17-9-5-2-6-10-17)24(22)18-11-13-19(14-12-18)29(26,27)28/h1-15H,(H,26,27,28)/p-1/b20-15+. The van der Waals surface area contributed by atoms with Crippen molar-refractivity contribution < 1.29 is 17.8 Å². The van der Waals surface area contributed by atoms with Crippen molar-refractivity contribution >= 4 is 33.6 Å². The van der Waals surface area contributed by atoms with E-state index in [-0.39, 0.29) is 16.5 Å². The highest BCUT2D eigenvalue weighted by molar-refractivity contribution is 7.85. The average Bonchev–Trinajstić information content (AvgIpc) is 3.05. The fraction of sp³-hybridized carbons (Fsp3) is 0. The number of hydrogen-bond donors (Lipinski definition) is 0. The number of hydrogen-bond acceptors (Lipinski definition) is 5. The highest BCUT2D eigenvalue weighted by atomic mass is 32.2. The number of rotatable bonds is 4. The minimum Gasteiger partial charge on any atom is -0.744 e. The van der Waals surface area contributed by atoms with Gasteiger partial charge in [0.25, 0.3) is 5.91 Å². The SMILES string of the molecule is O=C1/C(=C\c2ccccc2)N=C(c2ccccc2)N1c1ccc(S(=O)(=O)[O-])cc1. The third-order valence-corrected chi connectivity index (χ3v) is 5.23. The van der Waals surface area contributed by atoms with Crippen molar-refractivity contribution in [3.05, 3.63) is 102 Å². The van der Waals surface area contributed by atoms with Crippen LogP contribution in [0, 0.1) is 0 Å². The van der Waals surface area contributed by atoms with Crippen LogP contribution in [-0.2, 0) is 14.9 Å². The Kier molecular flexibility index (Phi) is 4.84. The molecule has 1 amide bonds. The first-order valence-corrected chi connectivity index (χ1v) is 10.2. The molecule has 0 aromatic heterocycles. The molecule has 7 heteroatoms. The van der Waals surface area contributed by atoms with Gasteiger partial charge in [-0.15, -0.1) is 0 Å². The van der Waals surface area contributed by atoms with Gasteiger partial charge in [-0.05, 0) is 35.9 Å². The number of carbonyl (C=O) groups excluding carboxylic acids is 1. The number of amidine groups is 1. The quantitative estimate of drug-likeness (QED) is 0.493. The zero-order valence-corrected chi connectivity index (χ0v) is 15.9. The Morgan fingerprint density at radius 2 is 1.41 bits per heavy atom. The summed E-state index contributed by atoms with van der Waals surface area (Å²) in [7, 11) is -4.57. The summed E-state index contributed by atoms with van der Waals surface area (Å²) >= 11 is 0. The summed E-state index contributed by atoms with van der Waals surface area (Å²) in [5.41, 5.74) is 2.25. The lowest BCUT2D eigenvalue weighted by Gasteiger charge is -2.19. The molecule has 1 heterocycles. The van der Waals surface area contributed by atoms with E-state index in [9.17, 15) is 17.8 Å². The maximum atomic E-state index is 13.1. The Labute approximate surface area is 168 Å². The van der Waals surface area contributed by atoms with Gasteiger partial charge in [-0.25, -0.2) is 13.4 Å². The van der Waals surface area contributed by atoms with Crippen LogP contribution in [0.4, 0.5) is 5.69 Å². The summed E-state index contributed by atoms with van der Waals surface area (Å²) in [4.78, 5) is 18.7. The van der Waals surface area contributed by atoms with Gasteiger partial charge in [0.2, 0.25) is 0 Å². The van der Waals surface area contributed by atoms with E-state index in [1.54, 1.807) is 6.08 Å². The first-order chi connectivity index (χ1) is 13.9. The summed E-state index contributed by atoms with van der Waals surface area (Å²) in [6, 6.07) is 23.8. The second-order valence-electron chi connectivity index (χ2n) is 6.33. The van der Waals surface area contributed by atoms with Crippen molar-refractivity contribution in [3.8, 4) is 0 Å². The van der Waals surface area contributed by atoms with Crippen LogP contribution in [0.15, 0.2) is 101 Å². The lowest BCUT2D eigenvalue weighted by molar-refractivity contribution is -0.113. The van der Waals surface area contributed by atoms with Crippen LogP contribution in [0.5, 0.6) is 0 Å². The Balaban J connectivity index is 1.80. The third kappa shape index (κ3) is 3.87. The molecule has 29 heavy (non-hydrogen) atoms. The van der Waals surface area contributed by atoms with Gasteiger partial charge >= 0.3 is 0 Å². The molecule has 0 radical (unpaired) electrons. The summed E-state index contributed by atoms with van der Waals surface area (Å²) in [6.07, 6.45) is 1.70. The molecule has 0 N–H and O–H groups in total. The van der Waals surface area contributed by atoms with E-state index in [1.807, 2.05) is 60.7 Å². The van der Waals surface area contributed by atoms with Crippen LogP contribution in [0.2, 0.25) is 0 Å². The number of aliphatic imine (C=N–C) groups is 1. The minimum absolute atomic E-state index is 0.260. The first kappa shape index (κ1) is 18.8. The molecule has 0 fully saturated rings. The summed E-state index contributed by atoms with van der Waals surface area (Å²) in [5.74, 6) is 0.0842. The molecule has 0 saturated heterocycles. The van der Waals surface area contributed by atoms with E-state index < -0.39 is 10.1 Å². The summed E-state index contributed by atoms with van der Waals surface area (Å²) < 4.78 is 33.6. The largest absolute Gasteiger partial charge is 0.744 e. The molecule has 0 aliphatic carbocycles. The molecule has 0 bridgehead atoms. The number of amides is 1. The lowest BCUT2D eigenvalue weighted by Crippen LogP contribution is -2.32. The average molecular weight is 403 g/mol. The predicted molar refractivity (Wildman–Crippen MR) is 109 cm³/mol. The molecule has 0 atom stereocenters. The van der Waals surface area contributed by atoms with Gasteiger partial charge in [0.1, 0.15) is 21.7 Å². The Morgan fingerprint density at radius 1 is 0.828 bits per heavy atom. The number of carbonyl (C=O) groups is 1. The Hall–Kier alpha value is -3.55. The van der Waals surface area contributed by atoms with Gasteiger partial charge in [0.05, 0.1) is 10.6 Å². The molecule has 6 nitrogen and oxygen atoms in total. The van der Waals surface area contributed by atoms with Crippen molar-refractivity contribution in [1.29, 1.82) is 0 Å². The predicted octanol–water partition coefficient (Wildman–Crippen LogP) is 3.43. The van der Waals surface area contributed by atoms with Crippen LogP contribution in [0.25, 0.3) is 6.08 Å². The second-order valence-corrected chi connectivity index (χ2v) is 7.71. The highest BCUT2D eigenvalue weighted by Gasteiger charge is 2.32. The molecule has 3 aromatic rings. The number of anilines is 1. The first-order valence-electron chi connectivity index (χ1n) is 8.75. The van der Waals surface area contributed by atoms with Crippen LogP contribution in [-0.4, -0.2) is 24.7 Å². The van der Waals surface area contributed by atoms with E-state index in [1.165, 1.54) is 29.2 Å². The number of nitrogens with zero attached hydrogens (tertiary/aromatic N) is 2. The number of benzene rings is 3. The molecule has 144 valence electrons. The molecular weight excluding hydrogens is 388 g/mol. The molecular formula is C22H15N2O4S-. The third-order valence-electron chi connectivity index (χ3n) is 4.38. The zero-order chi connectivity index (χ0) is 20.4. The van der Waals surface area contributed by atoms with Gasteiger partial charge in [-0.2, -0.15) is 0 Å². The van der Waals surface area contributed by atoms with Gasteiger partial charge in [-0.3, -0.25) is 9.69 Å². The van der Waals surface area contributed by atoms with Crippen molar-refractivity contribution in [2.75, 3.05) is 4.90 Å². The van der Waals surface area contributed by atoms with Crippen LogP contribution in [0.3, 0.4) is 0 Å². The maximum Gasteiger partial charge on any atom is 0.282 e. The van der Waals surface area contributed by atoms with Gasteiger partial charge in [-0.1, -0.05) is 60.7 Å².